The van der Waals surface area contributed by atoms with Gasteiger partial charge in [0.15, 0.2) is 0 Å². The minimum absolute atomic E-state index is 0.400. The molecule has 0 saturated carbocycles. The van der Waals surface area contributed by atoms with E-state index < -0.39 is 0 Å². The second kappa shape index (κ2) is 7.84. The molecular weight excluding hydrogens is 258 g/mol. The van der Waals surface area contributed by atoms with E-state index in [0.29, 0.717) is 12.0 Å². The van der Waals surface area contributed by atoms with Crippen molar-refractivity contribution >= 4 is 0 Å². The molecule has 1 atom stereocenters. The smallest absolute Gasteiger partial charge is 0.119 e. The van der Waals surface area contributed by atoms with Crippen molar-refractivity contribution in [3.05, 3.63) is 65.7 Å². The third kappa shape index (κ3) is 4.61. The summed E-state index contributed by atoms with van der Waals surface area (Å²) in [4.78, 5) is 0. The lowest BCUT2D eigenvalue weighted by atomic mass is 9.96. The van der Waals surface area contributed by atoms with E-state index in [9.17, 15) is 0 Å². The van der Waals surface area contributed by atoms with E-state index in [-0.39, 0.29) is 0 Å². The average molecular weight is 283 g/mol. The number of benzene rings is 2. The highest BCUT2D eigenvalue weighted by Crippen LogP contribution is 2.21. The fourth-order valence-corrected chi connectivity index (χ4v) is 2.60. The highest BCUT2D eigenvalue weighted by Gasteiger charge is 2.14. The van der Waals surface area contributed by atoms with Crippen LogP contribution < -0.4 is 10.1 Å². The predicted molar refractivity (Wildman–Crippen MR) is 88.7 cm³/mol. The molecule has 0 aliphatic carbocycles. The number of nitrogens with one attached hydrogen (secondary N) is 1. The van der Waals surface area contributed by atoms with Gasteiger partial charge in [-0.1, -0.05) is 56.3 Å². The molecule has 2 aromatic rings. The Morgan fingerprint density at radius 2 is 1.76 bits per heavy atom. The van der Waals surface area contributed by atoms with E-state index in [2.05, 4.69) is 61.6 Å². The van der Waals surface area contributed by atoms with Crippen LogP contribution in [0.25, 0.3) is 0 Å². The zero-order valence-electron chi connectivity index (χ0n) is 13.2. The second-order valence-electron chi connectivity index (χ2n) is 5.69. The monoisotopic (exact) mass is 283 g/mol. The molecule has 0 spiro atoms. The Morgan fingerprint density at radius 3 is 2.43 bits per heavy atom. The maximum atomic E-state index is 5.27. The number of ether oxygens (including phenoxy) is 1. The maximum Gasteiger partial charge on any atom is 0.119 e. The van der Waals surface area contributed by atoms with Crippen LogP contribution in [0.4, 0.5) is 0 Å². The van der Waals surface area contributed by atoms with Crippen molar-refractivity contribution in [2.75, 3.05) is 13.7 Å². The van der Waals surface area contributed by atoms with Gasteiger partial charge >= 0.3 is 0 Å². The minimum Gasteiger partial charge on any atom is -0.497 e. The van der Waals surface area contributed by atoms with Crippen LogP contribution in [0.2, 0.25) is 0 Å². The summed E-state index contributed by atoms with van der Waals surface area (Å²) in [6, 6.07) is 19.4. The largest absolute Gasteiger partial charge is 0.497 e. The lowest BCUT2D eigenvalue weighted by molar-refractivity contribution is 0.410. The Kier molecular flexibility index (Phi) is 5.82. The molecule has 2 nitrogen and oxygen atoms in total. The van der Waals surface area contributed by atoms with Crippen molar-refractivity contribution in [2.45, 2.75) is 26.3 Å². The molecule has 21 heavy (non-hydrogen) atoms. The van der Waals surface area contributed by atoms with Gasteiger partial charge in [0.2, 0.25) is 0 Å². The molecule has 0 amide bonds. The first kappa shape index (κ1) is 15.6. The Labute approximate surface area is 128 Å². The van der Waals surface area contributed by atoms with Gasteiger partial charge in [0, 0.05) is 6.04 Å². The van der Waals surface area contributed by atoms with Crippen LogP contribution in [0.15, 0.2) is 54.6 Å². The van der Waals surface area contributed by atoms with Crippen LogP contribution in [-0.4, -0.2) is 13.7 Å². The summed E-state index contributed by atoms with van der Waals surface area (Å²) in [7, 11) is 1.71. The van der Waals surface area contributed by atoms with Gasteiger partial charge in [-0.2, -0.15) is 0 Å². The first-order valence-corrected chi connectivity index (χ1v) is 7.62. The lowest BCUT2D eigenvalue weighted by Gasteiger charge is -2.23. The molecule has 0 heterocycles. The molecule has 112 valence electrons. The van der Waals surface area contributed by atoms with Crippen LogP contribution in [0.3, 0.4) is 0 Å². The Hall–Kier alpha value is -1.80. The van der Waals surface area contributed by atoms with E-state index in [0.717, 1.165) is 18.7 Å². The summed E-state index contributed by atoms with van der Waals surface area (Å²) in [6.07, 6.45) is 1.01. The molecule has 0 radical (unpaired) electrons. The van der Waals surface area contributed by atoms with Crippen molar-refractivity contribution in [1.29, 1.82) is 0 Å². The molecule has 0 aromatic heterocycles. The third-order valence-corrected chi connectivity index (χ3v) is 3.74. The normalized spacial score (nSPS) is 12.4. The van der Waals surface area contributed by atoms with E-state index in [4.69, 9.17) is 4.74 Å². The van der Waals surface area contributed by atoms with Crippen LogP contribution in [0, 0.1) is 5.92 Å². The number of methoxy groups -OCH3 is 1. The molecule has 0 bridgehead atoms. The third-order valence-electron chi connectivity index (χ3n) is 3.74. The first-order valence-electron chi connectivity index (χ1n) is 7.62. The standard InChI is InChI=1S/C19H25NO/c1-15(2)19(17-9-5-4-6-10-17)20-13-12-16-8-7-11-18(14-16)21-3/h4-11,14-15,19-20H,12-13H2,1-3H3. The molecular formula is C19H25NO. The van der Waals surface area contributed by atoms with Crippen molar-refractivity contribution in [1.82, 2.24) is 5.32 Å². The SMILES string of the molecule is COc1cccc(CCNC(c2ccccc2)C(C)C)c1. The highest BCUT2D eigenvalue weighted by atomic mass is 16.5. The van der Waals surface area contributed by atoms with Crippen LogP contribution >= 0.6 is 0 Å². The first-order chi connectivity index (χ1) is 10.2. The quantitative estimate of drug-likeness (QED) is 0.821. The Balaban J connectivity index is 1.93. The van der Waals surface area contributed by atoms with Crippen LogP contribution in [0.1, 0.15) is 31.0 Å². The van der Waals surface area contributed by atoms with Gasteiger partial charge in [0.25, 0.3) is 0 Å². The van der Waals surface area contributed by atoms with Crippen molar-refractivity contribution in [3.63, 3.8) is 0 Å². The summed E-state index contributed by atoms with van der Waals surface area (Å²) in [6.45, 7) is 5.48. The second-order valence-corrected chi connectivity index (χ2v) is 5.69. The Bertz CT molecular complexity index is 536. The van der Waals surface area contributed by atoms with E-state index in [1.54, 1.807) is 7.11 Å². The van der Waals surface area contributed by atoms with Crippen molar-refractivity contribution < 1.29 is 4.74 Å². The molecule has 0 saturated heterocycles. The zero-order chi connectivity index (χ0) is 15.1. The number of hydrogen-bond acceptors (Lipinski definition) is 2. The number of rotatable bonds is 7. The fourth-order valence-electron chi connectivity index (χ4n) is 2.60. The van der Waals surface area contributed by atoms with Gasteiger partial charge in [-0.3, -0.25) is 0 Å². The molecule has 0 fully saturated rings. The zero-order valence-corrected chi connectivity index (χ0v) is 13.2. The molecule has 1 unspecified atom stereocenters. The fraction of sp³-hybridized carbons (Fsp3) is 0.368. The molecule has 2 heteroatoms. The highest BCUT2D eigenvalue weighted by molar-refractivity contribution is 5.28. The molecule has 2 aromatic carbocycles. The van der Waals surface area contributed by atoms with E-state index in [1.807, 2.05) is 12.1 Å². The van der Waals surface area contributed by atoms with Gasteiger partial charge in [-0.15, -0.1) is 0 Å². The predicted octanol–water partition coefficient (Wildman–Crippen LogP) is 4.22. The van der Waals surface area contributed by atoms with Gasteiger partial charge < -0.3 is 10.1 Å². The Morgan fingerprint density at radius 1 is 1.00 bits per heavy atom. The van der Waals surface area contributed by atoms with Crippen LogP contribution in [-0.2, 0) is 6.42 Å². The summed E-state index contributed by atoms with van der Waals surface area (Å²) in [5, 5.41) is 3.68. The summed E-state index contributed by atoms with van der Waals surface area (Å²) in [5.74, 6) is 1.49. The lowest BCUT2D eigenvalue weighted by Crippen LogP contribution is -2.27. The van der Waals surface area contributed by atoms with Gasteiger partial charge in [0.1, 0.15) is 5.75 Å². The van der Waals surface area contributed by atoms with Gasteiger partial charge in [-0.05, 0) is 42.1 Å². The molecule has 0 aliphatic rings. The summed E-state index contributed by atoms with van der Waals surface area (Å²) < 4.78 is 5.27. The van der Waals surface area contributed by atoms with Crippen LogP contribution in [0.5, 0.6) is 5.75 Å². The molecule has 0 aliphatic heterocycles. The minimum atomic E-state index is 0.400. The van der Waals surface area contributed by atoms with Gasteiger partial charge in [-0.25, -0.2) is 0 Å². The summed E-state index contributed by atoms with van der Waals surface area (Å²) in [5.41, 5.74) is 2.66. The van der Waals surface area contributed by atoms with Crippen molar-refractivity contribution in [3.8, 4) is 5.75 Å². The van der Waals surface area contributed by atoms with Crippen molar-refractivity contribution in [2.24, 2.45) is 5.92 Å². The topological polar surface area (TPSA) is 21.3 Å². The summed E-state index contributed by atoms with van der Waals surface area (Å²) >= 11 is 0. The molecule has 1 N–H and O–H groups in total. The van der Waals surface area contributed by atoms with Gasteiger partial charge in [0.05, 0.1) is 7.11 Å². The number of hydrogen-bond donors (Lipinski definition) is 1. The van der Waals surface area contributed by atoms with E-state index in [1.165, 1.54) is 11.1 Å². The molecule has 2 rings (SSSR count). The van der Waals surface area contributed by atoms with E-state index >= 15 is 0 Å². The maximum absolute atomic E-state index is 5.27. The average Bonchev–Trinajstić information content (AvgIpc) is 2.52.